The number of likely N-dealkylation sites (tertiary alicyclic amines) is 1. The Morgan fingerprint density at radius 3 is 2.84 bits per heavy atom. The fourth-order valence-corrected chi connectivity index (χ4v) is 3.38. The summed E-state index contributed by atoms with van der Waals surface area (Å²) in [5.74, 6) is -0.830. The van der Waals surface area contributed by atoms with Crippen LogP contribution in [0.4, 0.5) is 0 Å². The highest BCUT2D eigenvalue weighted by Crippen LogP contribution is 2.25. The standard InChI is InChI=1S/C18H22N4O3/c1-13-10-15(22-12-19-11-20-22)5-7-16(13)18(25)21-9-3-2-4-14(21)6-8-17(23)24/h5,7,10-12,14H,2-4,6,8-9H2,1H3,(H,23,24)/t14-/m0/s1. The van der Waals surface area contributed by atoms with Crippen LogP contribution in [0.5, 0.6) is 0 Å². The molecule has 1 amide bonds. The second-order valence-electron chi connectivity index (χ2n) is 6.42. The summed E-state index contributed by atoms with van der Waals surface area (Å²) in [4.78, 5) is 29.7. The number of benzene rings is 1. The van der Waals surface area contributed by atoms with Crippen LogP contribution in [0, 0.1) is 6.92 Å². The van der Waals surface area contributed by atoms with Crippen molar-refractivity contribution in [1.82, 2.24) is 19.7 Å². The van der Waals surface area contributed by atoms with Gasteiger partial charge < -0.3 is 10.0 Å². The minimum atomic E-state index is -0.814. The average molecular weight is 342 g/mol. The van der Waals surface area contributed by atoms with Crippen LogP contribution in [0.25, 0.3) is 5.69 Å². The van der Waals surface area contributed by atoms with Crippen molar-refractivity contribution in [2.75, 3.05) is 6.54 Å². The molecule has 0 radical (unpaired) electrons. The Hall–Kier alpha value is -2.70. The third-order valence-corrected chi connectivity index (χ3v) is 4.70. The summed E-state index contributed by atoms with van der Waals surface area (Å²) in [6, 6.07) is 5.59. The molecule has 1 aromatic carbocycles. The summed E-state index contributed by atoms with van der Waals surface area (Å²) in [6.07, 6.45) is 6.56. The van der Waals surface area contributed by atoms with E-state index in [1.807, 2.05) is 30.0 Å². The fraction of sp³-hybridized carbons (Fsp3) is 0.444. The van der Waals surface area contributed by atoms with Crippen molar-refractivity contribution < 1.29 is 14.7 Å². The molecule has 132 valence electrons. The van der Waals surface area contributed by atoms with Crippen molar-refractivity contribution in [2.45, 2.75) is 45.1 Å². The van der Waals surface area contributed by atoms with E-state index in [4.69, 9.17) is 5.11 Å². The van der Waals surface area contributed by atoms with Gasteiger partial charge in [0.1, 0.15) is 12.7 Å². The normalized spacial score (nSPS) is 17.5. The molecule has 2 aromatic rings. The second kappa shape index (κ2) is 7.46. The van der Waals surface area contributed by atoms with E-state index in [0.717, 1.165) is 30.5 Å². The lowest BCUT2D eigenvalue weighted by molar-refractivity contribution is -0.137. The Labute approximate surface area is 146 Å². The molecular formula is C18H22N4O3. The Kier molecular flexibility index (Phi) is 5.11. The summed E-state index contributed by atoms with van der Waals surface area (Å²) in [7, 11) is 0. The summed E-state index contributed by atoms with van der Waals surface area (Å²) in [5, 5.41) is 13.0. The molecule has 1 atom stereocenters. The number of carboxylic acid groups (broad SMARTS) is 1. The predicted molar refractivity (Wildman–Crippen MR) is 91.6 cm³/mol. The van der Waals surface area contributed by atoms with Crippen LogP contribution in [0.3, 0.4) is 0 Å². The molecule has 0 unspecified atom stereocenters. The van der Waals surface area contributed by atoms with E-state index < -0.39 is 5.97 Å². The summed E-state index contributed by atoms with van der Waals surface area (Å²) >= 11 is 0. The van der Waals surface area contributed by atoms with Crippen LogP contribution in [-0.4, -0.2) is 49.2 Å². The largest absolute Gasteiger partial charge is 0.481 e. The van der Waals surface area contributed by atoms with E-state index in [1.54, 1.807) is 11.0 Å². The Balaban J connectivity index is 1.79. The van der Waals surface area contributed by atoms with Gasteiger partial charge in [0.2, 0.25) is 0 Å². The highest BCUT2D eigenvalue weighted by atomic mass is 16.4. The lowest BCUT2D eigenvalue weighted by Crippen LogP contribution is -2.44. The molecule has 0 saturated carbocycles. The predicted octanol–water partition coefficient (Wildman–Crippen LogP) is 2.44. The molecule has 0 aliphatic carbocycles. The smallest absolute Gasteiger partial charge is 0.303 e. The number of piperidine rings is 1. The summed E-state index contributed by atoms with van der Waals surface area (Å²) in [5.41, 5.74) is 2.39. The number of aromatic nitrogens is 3. The molecule has 3 rings (SSSR count). The quantitative estimate of drug-likeness (QED) is 0.901. The van der Waals surface area contributed by atoms with Gasteiger partial charge in [0.15, 0.2) is 0 Å². The highest BCUT2D eigenvalue weighted by Gasteiger charge is 2.28. The zero-order valence-corrected chi connectivity index (χ0v) is 14.3. The molecule has 25 heavy (non-hydrogen) atoms. The third-order valence-electron chi connectivity index (χ3n) is 4.70. The van der Waals surface area contributed by atoms with Gasteiger partial charge in [-0.05, 0) is 56.4 Å². The first-order valence-electron chi connectivity index (χ1n) is 8.54. The molecule has 0 bridgehead atoms. The molecule has 1 aliphatic rings. The number of aryl methyl sites for hydroxylation is 1. The summed E-state index contributed by atoms with van der Waals surface area (Å²) < 4.78 is 1.65. The second-order valence-corrected chi connectivity index (χ2v) is 6.42. The molecule has 1 aromatic heterocycles. The van der Waals surface area contributed by atoms with E-state index in [2.05, 4.69) is 10.1 Å². The molecule has 1 saturated heterocycles. The van der Waals surface area contributed by atoms with Gasteiger partial charge in [0.25, 0.3) is 5.91 Å². The van der Waals surface area contributed by atoms with Crippen LogP contribution >= 0.6 is 0 Å². The number of hydrogen-bond acceptors (Lipinski definition) is 4. The molecule has 1 aliphatic heterocycles. The van der Waals surface area contributed by atoms with E-state index in [1.165, 1.54) is 6.33 Å². The fourth-order valence-electron chi connectivity index (χ4n) is 3.38. The van der Waals surface area contributed by atoms with Gasteiger partial charge in [0.05, 0.1) is 5.69 Å². The SMILES string of the molecule is Cc1cc(-n2cncn2)ccc1C(=O)N1CCCC[C@H]1CCC(=O)O. The van der Waals surface area contributed by atoms with E-state index in [0.29, 0.717) is 18.5 Å². The number of amides is 1. The number of hydrogen-bond donors (Lipinski definition) is 1. The maximum atomic E-state index is 13.0. The Morgan fingerprint density at radius 2 is 2.16 bits per heavy atom. The van der Waals surface area contributed by atoms with Crippen molar-refractivity contribution in [3.8, 4) is 5.69 Å². The molecule has 1 N–H and O–H groups in total. The molecule has 7 heteroatoms. The van der Waals surface area contributed by atoms with Crippen molar-refractivity contribution in [3.63, 3.8) is 0 Å². The van der Waals surface area contributed by atoms with Gasteiger partial charge in [-0.1, -0.05) is 0 Å². The van der Waals surface area contributed by atoms with Gasteiger partial charge in [0, 0.05) is 24.6 Å². The van der Waals surface area contributed by atoms with Gasteiger partial charge in [-0.2, -0.15) is 5.10 Å². The maximum absolute atomic E-state index is 13.0. The van der Waals surface area contributed by atoms with Crippen molar-refractivity contribution in [2.24, 2.45) is 0 Å². The van der Waals surface area contributed by atoms with Crippen LogP contribution in [0.15, 0.2) is 30.9 Å². The topological polar surface area (TPSA) is 88.3 Å². The number of carbonyl (C=O) groups is 2. The van der Waals surface area contributed by atoms with Crippen LogP contribution in [-0.2, 0) is 4.79 Å². The number of aliphatic carboxylic acids is 1. The minimum Gasteiger partial charge on any atom is -0.481 e. The monoisotopic (exact) mass is 342 g/mol. The van der Waals surface area contributed by atoms with Crippen LogP contribution in [0.1, 0.15) is 48.0 Å². The third kappa shape index (κ3) is 3.87. The van der Waals surface area contributed by atoms with E-state index in [9.17, 15) is 9.59 Å². The van der Waals surface area contributed by atoms with Crippen LogP contribution < -0.4 is 0 Å². The highest BCUT2D eigenvalue weighted by molar-refractivity contribution is 5.96. The molecule has 7 nitrogen and oxygen atoms in total. The van der Waals surface area contributed by atoms with Gasteiger partial charge >= 0.3 is 5.97 Å². The molecular weight excluding hydrogens is 320 g/mol. The van der Waals surface area contributed by atoms with Crippen molar-refractivity contribution in [3.05, 3.63) is 42.0 Å². The minimum absolute atomic E-state index is 0.00624. The average Bonchev–Trinajstić information content (AvgIpc) is 3.14. The number of carbonyl (C=O) groups excluding carboxylic acids is 1. The first kappa shape index (κ1) is 17.1. The van der Waals surface area contributed by atoms with Crippen molar-refractivity contribution in [1.29, 1.82) is 0 Å². The zero-order valence-electron chi connectivity index (χ0n) is 14.3. The van der Waals surface area contributed by atoms with Gasteiger partial charge in [-0.15, -0.1) is 0 Å². The molecule has 2 heterocycles. The van der Waals surface area contributed by atoms with E-state index >= 15 is 0 Å². The van der Waals surface area contributed by atoms with Gasteiger partial charge in [-0.3, -0.25) is 9.59 Å². The van der Waals surface area contributed by atoms with E-state index in [-0.39, 0.29) is 18.4 Å². The number of rotatable bonds is 5. The first-order valence-corrected chi connectivity index (χ1v) is 8.54. The molecule has 0 spiro atoms. The lowest BCUT2D eigenvalue weighted by atomic mass is 9.96. The number of carboxylic acids is 1. The first-order chi connectivity index (χ1) is 12.1. The van der Waals surface area contributed by atoms with Crippen molar-refractivity contribution >= 4 is 11.9 Å². The van der Waals surface area contributed by atoms with Crippen LogP contribution in [0.2, 0.25) is 0 Å². The maximum Gasteiger partial charge on any atom is 0.303 e. The summed E-state index contributed by atoms with van der Waals surface area (Å²) in [6.45, 7) is 2.59. The Bertz CT molecular complexity index is 758. The Morgan fingerprint density at radius 1 is 1.32 bits per heavy atom. The lowest BCUT2D eigenvalue weighted by Gasteiger charge is -2.36. The zero-order chi connectivity index (χ0) is 17.8. The molecule has 1 fully saturated rings. The van der Waals surface area contributed by atoms with Gasteiger partial charge in [-0.25, -0.2) is 9.67 Å². The number of nitrogens with zero attached hydrogens (tertiary/aromatic N) is 4.